The van der Waals surface area contributed by atoms with Crippen molar-refractivity contribution in [3.05, 3.63) is 94.8 Å². The molecule has 0 amide bonds. The van der Waals surface area contributed by atoms with E-state index < -0.39 is 52.8 Å². The lowest BCUT2D eigenvalue weighted by molar-refractivity contribution is 0.00409. The minimum absolute atomic E-state index is 0.0269. The maximum atomic E-state index is 14.5. The van der Waals surface area contributed by atoms with E-state index in [1.807, 2.05) is 0 Å². The molecule has 0 saturated carbocycles. The number of pyridine rings is 1. The third-order valence-corrected chi connectivity index (χ3v) is 3.92. The maximum Gasteiger partial charge on any atom is 0.351 e. The second-order valence-corrected chi connectivity index (χ2v) is 5.93. The Kier molecular flexibility index (Phi) is 5.58. The Morgan fingerprint density at radius 1 is 0.897 bits per heavy atom. The number of hydrogen-bond donors (Lipinski definition) is 0. The van der Waals surface area contributed by atoms with Crippen LogP contribution in [0.1, 0.15) is 21.6 Å². The van der Waals surface area contributed by atoms with E-state index in [9.17, 15) is 31.1 Å². The van der Waals surface area contributed by atoms with E-state index in [-0.39, 0.29) is 11.3 Å². The molecule has 0 atom stereocenters. The molecule has 29 heavy (non-hydrogen) atoms. The van der Waals surface area contributed by atoms with Gasteiger partial charge in [-0.1, -0.05) is 0 Å². The molecule has 3 rings (SSSR count). The first-order valence-corrected chi connectivity index (χ1v) is 8.09. The SMILES string of the molecule is O=C(c1ccc(F)cc1F)C(F)(F)c1cc(OCc2ccc(F)cc2F)ccn1. The Hall–Kier alpha value is -3.36. The third kappa shape index (κ3) is 4.39. The zero-order valence-electron chi connectivity index (χ0n) is 14.4. The number of alkyl halides is 2. The molecule has 2 aromatic carbocycles. The molecule has 1 aromatic heterocycles. The van der Waals surface area contributed by atoms with Gasteiger partial charge in [-0.05, 0) is 30.3 Å². The monoisotopic (exact) mass is 411 g/mol. The second-order valence-electron chi connectivity index (χ2n) is 5.93. The average molecular weight is 411 g/mol. The summed E-state index contributed by atoms with van der Waals surface area (Å²) >= 11 is 0. The molecule has 3 nitrogen and oxygen atoms in total. The summed E-state index contributed by atoms with van der Waals surface area (Å²) in [4.78, 5) is 15.5. The molecule has 0 bridgehead atoms. The first-order valence-electron chi connectivity index (χ1n) is 8.09. The van der Waals surface area contributed by atoms with E-state index in [1.54, 1.807) is 0 Å². The quantitative estimate of drug-likeness (QED) is 0.414. The van der Waals surface area contributed by atoms with Crippen LogP contribution in [0.4, 0.5) is 26.3 Å². The predicted molar refractivity (Wildman–Crippen MR) is 89.5 cm³/mol. The van der Waals surface area contributed by atoms with Crippen LogP contribution in [0.3, 0.4) is 0 Å². The van der Waals surface area contributed by atoms with Gasteiger partial charge in [-0.3, -0.25) is 9.78 Å². The molecule has 0 fully saturated rings. The van der Waals surface area contributed by atoms with Crippen LogP contribution in [0.5, 0.6) is 5.75 Å². The van der Waals surface area contributed by atoms with Crippen LogP contribution >= 0.6 is 0 Å². The number of nitrogens with zero attached hydrogens (tertiary/aromatic N) is 1. The lowest BCUT2D eigenvalue weighted by Gasteiger charge is -2.16. The largest absolute Gasteiger partial charge is 0.489 e. The van der Waals surface area contributed by atoms with E-state index in [0.29, 0.717) is 24.3 Å². The lowest BCUT2D eigenvalue weighted by Crippen LogP contribution is -2.28. The summed E-state index contributed by atoms with van der Waals surface area (Å²) < 4.78 is 87.5. The fourth-order valence-corrected chi connectivity index (χ4v) is 2.43. The highest BCUT2D eigenvalue weighted by molar-refractivity contribution is 6.01. The summed E-state index contributed by atoms with van der Waals surface area (Å²) in [7, 11) is 0. The van der Waals surface area contributed by atoms with E-state index in [4.69, 9.17) is 4.74 Å². The summed E-state index contributed by atoms with van der Waals surface area (Å²) in [6.07, 6.45) is 0.924. The molecule has 1 heterocycles. The molecule has 0 saturated heterocycles. The van der Waals surface area contributed by atoms with Crippen molar-refractivity contribution in [2.75, 3.05) is 0 Å². The fourth-order valence-electron chi connectivity index (χ4n) is 2.43. The number of ketones is 1. The van der Waals surface area contributed by atoms with E-state index >= 15 is 0 Å². The molecule has 150 valence electrons. The van der Waals surface area contributed by atoms with E-state index in [2.05, 4.69) is 4.98 Å². The number of hydrogen-bond acceptors (Lipinski definition) is 3. The summed E-state index contributed by atoms with van der Waals surface area (Å²) in [6, 6.07) is 6.29. The highest BCUT2D eigenvalue weighted by Gasteiger charge is 2.44. The van der Waals surface area contributed by atoms with Gasteiger partial charge < -0.3 is 4.74 Å². The van der Waals surface area contributed by atoms with Crippen molar-refractivity contribution in [2.45, 2.75) is 12.5 Å². The van der Waals surface area contributed by atoms with Crippen molar-refractivity contribution in [3.8, 4) is 5.75 Å². The van der Waals surface area contributed by atoms with E-state index in [0.717, 1.165) is 24.4 Å². The zero-order valence-corrected chi connectivity index (χ0v) is 14.4. The molecule has 0 aliphatic carbocycles. The molecular weight excluding hydrogens is 400 g/mol. The van der Waals surface area contributed by atoms with Crippen LogP contribution in [0.15, 0.2) is 54.7 Å². The van der Waals surface area contributed by atoms with Gasteiger partial charge in [-0.15, -0.1) is 0 Å². The number of carbonyl (C=O) groups is 1. The number of rotatable bonds is 6. The van der Waals surface area contributed by atoms with Gasteiger partial charge in [0.2, 0.25) is 5.78 Å². The normalized spacial score (nSPS) is 11.4. The van der Waals surface area contributed by atoms with Crippen LogP contribution in [0.25, 0.3) is 0 Å². The van der Waals surface area contributed by atoms with Gasteiger partial charge in [0, 0.05) is 30.0 Å². The van der Waals surface area contributed by atoms with Crippen LogP contribution in [-0.4, -0.2) is 10.8 Å². The molecule has 0 radical (unpaired) electrons. The van der Waals surface area contributed by atoms with Crippen LogP contribution in [0, 0.1) is 23.3 Å². The number of benzene rings is 2. The van der Waals surface area contributed by atoms with Gasteiger partial charge in [-0.25, -0.2) is 17.6 Å². The van der Waals surface area contributed by atoms with Crippen molar-refractivity contribution in [1.29, 1.82) is 0 Å². The fraction of sp³-hybridized carbons (Fsp3) is 0.100. The van der Waals surface area contributed by atoms with Crippen molar-refractivity contribution in [2.24, 2.45) is 0 Å². The summed E-state index contributed by atoms with van der Waals surface area (Å²) in [5.74, 6) is -10.5. The maximum absolute atomic E-state index is 14.5. The Labute approximate surface area is 160 Å². The van der Waals surface area contributed by atoms with E-state index in [1.165, 1.54) is 6.07 Å². The zero-order chi connectivity index (χ0) is 21.2. The molecular formula is C20H11F6NO2. The molecule has 9 heteroatoms. The molecule has 0 aliphatic heterocycles. The summed E-state index contributed by atoms with van der Waals surface area (Å²) in [6.45, 7) is -0.401. The van der Waals surface area contributed by atoms with Gasteiger partial charge in [0.05, 0.1) is 5.56 Å². The summed E-state index contributed by atoms with van der Waals surface area (Å²) in [5, 5.41) is 0. The second kappa shape index (κ2) is 7.94. The van der Waals surface area contributed by atoms with Crippen LogP contribution in [0.2, 0.25) is 0 Å². The first-order chi connectivity index (χ1) is 13.7. The minimum atomic E-state index is -4.24. The Morgan fingerprint density at radius 2 is 1.55 bits per heavy atom. The molecule has 0 spiro atoms. The molecule has 0 aliphatic rings. The Morgan fingerprint density at radius 3 is 2.21 bits per heavy atom. The van der Waals surface area contributed by atoms with Gasteiger partial charge in [0.25, 0.3) is 0 Å². The standard InChI is InChI=1S/C20H11F6NO2/c21-12-2-1-11(16(23)7-12)10-29-14-5-6-27-18(9-14)20(25,26)19(28)15-4-3-13(22)8-17(15)24/h1-9H,10H2. The van der Waals surface area contributed by atoms with Gasteiger partial charge in [0.15, 0.2) is 0 Å². The molecule has 0 unspecified atom stereocenters. The Bertz CT molecular complexity index is 1070. The van der Waals surface area contributed by atoms with Crippen molar-refractivity contribution >= 4 is 5.78 Å². The minimum Gasteiger partial charge on any atom is -0.489 e. The highest BCUT2D eigenvalue weighted by atomic mass is 19.3. The molecule has 0 N–H and O–H groups in total. The smallest absolute Gasteiger partial charge is 0.351 e. The van der Waals surface area contributed by atoms with Crippen molar-refractivity contribution in [1.82, 2.24) is 4.98 Å². The first kappa shape index (κ1) is 20.4. The number of aromatic nitrogens is 1. The lowest BCUT2D eigenvalue weighted by atomic mass is 10.0. The van der Waals surface area contributed by atoms with Crippen molar-refractivity contribution < 1.29 is 35.9 Å². The van der Waals surface area contributed by atoms with Gasteiger partial charge in [0.1, 0.15) is 41.3 Å². The Balaban J connectivity index is 1.82. The van der Waals surface area contributed by atoms with Crippen LogP contribution in [-0.2, 0) is 12.5 Å². The van der Waals surface area contributed by atoms with Gasteiger partial charge in [-0.2, -0.15) is 8.78 Å². The molecule has 3 aromatic rings. The number of Topliss-reactive ketones (excluding diaryl/α,β-unsaturated/α-hetero) is 1. The third-order valence-electron chi connectivity index (χ3n) is 3.92. The number of ether oxygens (including phenoxy) is 1. The highest BCUT2D eigenvalue weighted by Crippen LogP contribution is 2.33. The predicted octanol–water partition coefficient (Wildman–Crippen LogP) is 5.19. The van der Waals surface area contributed by atoms with Crippen LogP contribution < -0.4 is 4.74 Å². The van der Waals surface area contributed by atoms with Crippen molar-refractivity contribution in [3.63, 3.8) is 0 Å². The number of carbonyl (C=O) groups excluding carboxylic acids is 1. The topological polar surface area (TPSA) is 39.2 Å². The summed E-state index contributed by atoms with van der Waals surface area (Å²) in [5.41, 5.74) is -2.07. The number of halogens is 6. The average Bonchev–Trinajstić information content (AvgIpc) is 2.67. The van der Waals surface area contributed by atoms with Gasteiger partial charge >= 0.3 is 5.92 Å².